The van der Waals surface area contributed by atoms with E-state index in [1.54, 1.807) is 13.8 Å². The highest BCUT2D eigenvalue weighted by Crippen LogP contribution is 2.43. The van der Waals surface area contributed by atoms with E-state index in [0.717, 1.165) is 0 Å². The number of benzene rings is 1. The summed E-state index contributed by atoms with van der Waals surface area (Å²) in [6, 6.07) is 2.77. The van der Waals surface area contributed by atoms with Crippen molar-refractivity contribution in [3.05, 3.63) is 29.5 Å². The fraction of sp³-hybridized carbons (Fsp3) is 0.333. The van der Waals surface area contributed by atoms with Crippen LogP contribution < -0.4 is 9.47 Å². The van der Waals surface area contributed by atoms with Crippen LogP contribution in [0.3, 0.4) is 0 Å². The van der Waals surface area contributed by atoms with Crippen molar-refractivity contribution in [1.82, 2.24) is 4.98 Å². The van der Waals surface area contributed by atoms with Gasteiger partial charge in [0.1, 0.15) is 17.0 Å². The predicted octanol–water partition coefficient (Wildman–Crippen LogP) is 3.75. The van der Waals surface area contributed by atoms with Gasteiger partial charge in [-0.15, -0.1) is 0 Å². The molecule has 0 radical (unpaired) electrons. The summed E-state index contributed by atoms with van der Waals surface area (Å²) in [6.07, 6.45) is -4.20. The minimum absolute atomic E-state index is 0.0878. The summed E-state index contributed by atoms with van der Waals surface area (Å²) in [4.78, 5) is 15.0. The zero-order valence-electron chi connectivity index (χ0n) is 12.4. The van der Waals surface area contributed by atoms with Gasteiger partial charge in [0.15, 0.2) is 0 Å². The Balaban J connectivity index is 2.96. The van der Waals surface area contributed by atoms with E-state index < -0.39 is 28.7 Å². The summed E-state index contributed by atoms with van der Waals surface area (Å²) in [5.74, 6) is -1.67. The number of carbonyl (C=O) groups is 1. The van der Waals surface area contributed by atoms with Crippen molar-refractivity contribution in [1.29, 1.82) is 0 Å². The maximum atomic E-state index is 13.5. The molecule has 0 saturated carbocycles. The average molecular weight is 329 g/mol. The molecule has 0 spiro atoms. The number of pyridine rings is 1. The molecule has 0 bridgehead atoms. The molecule has 23 heavy (non-hydrogen) atoms. The van der Waals surface area contributed by atoms with Gasteiger partial charge in [0.25, 0.3) is 0 Å². The minimum atomic E-state index is -4.88. The van der Waals surface area contributed by atoms with Gasteiger partial charge in [0, 0.05) is 6.20 Å². The Bertz CT molecular complexity index is 744. The number of fused-ring (bicyclic) bond motifs is 1. The largest absolute Gasteiger partial charge is 0.493 e. The molecule has 124 valence electrons. The highest BCUT2D eigenvalue weighted by molar-refractivity contribution is 6.00. The number of carboxylic acid groups (broad SMARTS) is 1. The van der Waals surface area contributed by atoms with Crippen molar-refractivity contribution in [2.75, 3.05) is 13.2 Å². The zero-order chi connectivity index (χ0) is 17.2. The second kappa shape index (κ2) is 6.31. The lowest BCUT2D eigenvalue weighted by atomic mass is 10.0. The zero-order valence-corrected chi connectivity index (χ0v) is 12.4. The van der Waals surface area contributed by atoms with Crippen LogP contribution in [0, 0.1) is 0 Å². The van der Waals surface area contributed by atoms with Crippen molar-refractivity contribution >= 4 is 16.9 Å². The third kappa shape index (κ3) is 3.15. The number of hydrogen-bond donors (Lipinski definition) is 1. The van der Waals surface area contributed by atoms with Gasteiger partial charge in [-0.2, -0.15) is 13.2 Å². The molecule has 1 aromatic heterocycles. The van der Waals surface area contributed by atoms with Crippen LogP contribution in [0.4, 0.5) is 13.2 Å². The quantitative estimate of drug-likeness (QED) is 0.905. The van der Waals surface area contributed by atoms with Crippen molar-refractivity contribution < 1.29 is 32.5 Å². The second-order valence-corrected chi connectivity index (χ2v) is 4.50. The van der Waals surface area contributed by atoms with Crippen molar-refractivity contribution in [3.63, 3.8) is 0 Å². The third-order valence-electron chi connectivity index (χ3n) is 3.06. The number of halogens is 3. The molecule has 0 saturated heterocycles. The van der Waals surface area contributed by atoms with E-state index in [4.69, 9.17) is 14.6 Å². The maximum Gasteiger partial charge on any atom is 0.418 e. The van der Waals surface area contributed by atoms with Crippen molar-refractivity contribution in [2.45, 2.75) is 20.0 Å². The smallest absolute Gasteiger partial charge is 0.418 e. The van der Waals surface area contributed by atoms with E-state index >= 15 is 0 Å². The second-order valence-electron chi connectivity index (χ2n) is 4.50. The number of carboxylic acids is 1. The van der Waals surface area contributed by atoms with Gasteiger partial charge in [-0.3, -0.25) is 4.98 Å². The van der Waals surface area contributed by atoms with E-state index in [2.05, 4.69) is 4.98 Å². The molecule has 5 nitrogen and oxygen atoms in total. The summed E-state index contributed by atoms with van der Waals surface area (Å²) in [5, 5.41) is 8.66. The standard InChI is InChI=1S/C15H14F3NO4/c1-3-22-9-5-6-10(23-4-2)13-11(9)12(15(16,17)18)8(7-19-13)14(20)21/h5-7H,3-4H2,1-2H3,(H,20,21). The first-order valence-corrected chi connectivity index (χ1v) is 6.83. The van der Waals surface area contributed by atoms with Crippen LogP contribution in [0.15, 0.2) is 18.3 Å². The molecule has 0 unspecified atom stereocenters. The highest BCUT2D eigenvalue weighted by atomic mass is 19.4. The number of aromatic nitrogens is 1. The summed E-state index contributed by atoms with van der Waals surface area (Å²) < 4.78 is 51.0. The molecule has 1 heterocycles. The van der Waals surface area contributed by atoms with E-state index in [-0.39, 0.29) is 30.2 Å². The molecule has 1 aromatic carbocycles. The molecule has 0 aliphatic heterocycles. The van der Waals surface area contributed by atoms with Gasteiger partial charge in [0.05, 0.1) is 29.7 Å². The van der Waals surface area contributed by atoms with Gasteiger partial charge in [-0.25, -0.2) is 4.79 Å². The van der Waals surface area contributed by atoms with Crippen molar-refractivity contribution in [2.24, 2.45) is 0 Å². The highest BCUT2D eigenvalue weighted by Gasteiger charge is 2.39. The summed E-state index contributed by atoms with van der Waals surface area (Å²) in [5.41, 5.74) is -2.31. The predicted molar refractivity (Wildman–Crippen MR) is 76.0 cm³/mol. The Kier molecular flexibility index (Phi) is 4.63. The van der Waals surface area contributed by atoms with Crippen LogP contribution in [0.25, 0.3) is 10.9 Å². The van der Waals surface area contributed by atoms with Crippen LogP contribution in [-0.4, -0.2) is 29.3 Å². The molecule has 0 aliphatic rings. The monoisotopic (exact) mass is 329 g/mol. The molecule has 2 rings (SSSR count). The Morgan fingerprint density at radius 1 is 1.17 bits per heavy atom. The van der Waals surface area contributed by atoms with E-state index in [0.29, 0.717) is 6.20 Å². The molecular weight excluding hydrogens is 315 g/mol. The van der Waals surface area contributed by atoms with Crippen molar-refractivity contribution in [3.8, 4) is 11.5 Å². The average Bonchev–Trinajstić information content (AvgIpc) is 2.47. The SMILES string of the molecule is CCOc1ccc(OCC)c2c(C(F)(F)F)c(C(=O)O)cnc12. The topological polar surface area (TPSA) is 68.7 Å². The lowest BCUT2D eigenvalue weighted by Crippen LogP contribution is -2.15. The van der Waals surface area contributed by atoms with E-state index in [1.165, 1.54) is 12.1 Å². The number of hydrogen-bond acceptors (Lipinski definition) is 4. The molecule has 1 N–H and O–H groups in total. The fourth-order valence-electron chi connectivity index (χ4n) is 2.26. The lowest BCUT2D eigenvalue weighted by molar-refractivity contribution is -0.136. The normalized spacial score (nSPS) is 11.5. The molecule has 0 aliphatic carbocycles. The maximum absolute atomic E-state index is 13.5. The van der Waals surface area contributed by atoms with E-state index in [1.807, 2.05) is 0 Å². The number of alkyl halides is 3. The number of aromatic carboxylic acids is 1. The van der Waals surface area contributed by atoms with Gasteiger partial charge in [0.2, 0.25) is 0 Å². The first-order chi connectivity index (χ1) is 10.8. The van der Waals surface area contributed by atoms with Crippen LogP contribution in [0.2, 0.25) is 0 Å². The summed E-state index contributed by atoms with van der Waals surface area (Å²) in [6.45, 7) is 3.65. The first-order valence-electron chi connectivity index (χ1n) is 6.83. The Morgan fingerprint density at radius 2 is 1.74 bits per heavy atom. The minimum Gasteiger partial charge on any atom is -0.493 e. The molecule has 0 fully saturated rings. The Hall–Kier alpha value is -2.51. The van der Waals surface area contributed by atoms with Gasteiger partial charge < -0.3 is 14.6 Å². The summed E-state index contributed by atoms with van der Waals surface area (Å²) in [7, 11) is 0. The molecule has 2 aromatic rings. The first kappa shape index (κ1) is 16.9. The van der Waals surface area contributed by atoms with Gasteiger partial charge in [-0.05, 0) is 26.0 Å². The third-order valence-corrected chi connectivity index (χ3v) is 3.06. The molecule has 0 amide bonds. The fourth-order valence-corrected chi connectivity index (χ4v) is 2.26. The Labute approximate surface area is 129 Å². The molecule has 0 atom stereocenters. The number of rotatable bonds is 5. The lowest BCUT2D eigenvalue weighted by Gasteiger charge is -2.17. The van der Waals surface area contributed by atoms with Crippen LogP contribution in [-0.2, 0) is 6.18 Å². The Morgan fingerprint density at radius 3 is 2.26 bits per heavy atom. The number of nitrogens with zero attached hydrogens (tertiary/aromatic N) is 1. The van der Waals surface area contributed by atoms with Crippen LogP contribution in [0.5, 0.6) is 11.5 Å². The van der Waals surface area contributed by atoms with Gasteiger partial charge >= 0.3 is 12.1 Å². The number of ether oxygens (including phenoxy) is 2. The molecule has 8 heteroatoms. The van der Waals surface area contributed by atoms with Gasteiger partial charge in [-0.1, -0.05) is 0 Å². The van der Waals surface area contributed by atoms with E-state index in [9.17, 15) is 18.0 Å². The van der Waals surface area contributed by atoms with Crippen LogP contribution in [0.1, 0.15) is 29.8 Å². The molecular formula is C15H14F3NO4. The van der Waals surface area contributed by atoms with Crippen LogP contribution >= 0.6 is 0 Å². The summed E-state index contributed by atoms with van der Waals surface area (Å²) >= 11 is 0.